The summed E-state index contributed by atoms with van der Waals surface area (Å²) in [7, 11) is -3.07. The van der Waals surface area contributed by atoms with Gasteiger partial charge in [0, 0.05) is 12.6 Å². The van der Waals surface area contributed by atoms with Gasteiger partial charge in [-0.05, 0) is 12.8 Å². The van der Waals surface area contributed by atoms with E-state index in [0.717, 1.165) is 0 Å². The minimum absolute atomic E-state index is 0.0307. The summed E-state index contributed by atoms with van der Waals surface area (Å²) in [6, 6.07) is -0.342. The summed E-state index contributed by atoms with van der Waals surface area (Å²) in [5, 5.41) is 8.85. The van der Waals surface area contributed by atoms with E-state index in [1.54, 1.807) is 6.08 Å². The molecule has 2 fully saturated rings. The van der Waals surface area contributed by atoms with Crippen LogP contribution in [0.2, 0.25) is 0 Å². The van der Waals surface area contributed by atoms with Gasteiger partial charge in [-0.1, -0.05) is 6.08 Å². The molecule has 0 spiro atoms. The number of rotatable bonds is 5. The molecule has 3 atom stereocenters. The Morgan fingerprint density at radius 3 is 2.47 bits per heavy atom. The summed E-state index contributed by atoms with van der Waals surface area (Å²) in [4.78, 5) is 24.5. The fourth-order valence-electron chi connectivity index (χ4n) is 2.53. The van der Waals surface area contributed by atoms with Crippen molar-refractivity contribution in [3.05, 3.63) is 12.7 Å². The van der Waals surface area contributed by atoms with Gasteiger partial charge in [0.25, 0.3) is 0 Å². The van der Waals surface area contributed by atoms with E-state index < -0.39 is 27.6 Å². The number of carboxylic acids is 1. The molecule has 0 aromatic rings. The van der Waals surface area contributed by atoms with Crippen LogP contribution in [0.1, 0.15) is 12.8 Å². The first-order chi connectivity index (χ1) is 8.85. The van der Waals surface area contributed by atoms with Crippen LogP contribution in [0.25, 0.3) is 0 Å². The van der Waals surface area contributed by atoms with E-state index in [0.29, 0.717) is 12.8 Å². The molecule has 3 unspecified atom stereocenters. The van der Waals surface area contributed by atoms with Crippen LogP contribution >= 0.6 is 0 Å². The van der Waals surface area contributed by atoms with Gasteiger partial charge in [-0.25, -0.2) is 8.42 Å². The molecule has 0 aromatic heterocycles. The first kappa shape index (κ1) is 14.0. The fraction of sp³-hybridized carbons (Fsp3) is 0.667. The smallest absolute Gasteiger partial charge is 0.307 e. The minimum atomic E-state index is -3.07. The molecular weight excluding hydrogens is 270 g/mol. The number of carbonyl (C=O) groups is 2. The predicted octanol–water partition coefficient (Wildman–Crippen LogP) is -0.0912. The summed E-state index contributed by atoms with van der Waals surface area (Å²) in [6.07, 6.45) is 2.31. The standard InChI is InChI=1S/C12H17NO5S/c1-2-4-13(8-3-5-19(17,18)7-8)11(14)9-6-10(9)12(15)16/h2,8-10H,1,3-7H2,(H,15,16). The SMILES string of the molecule is C=CCN(C(=O)C1CC1C(=O)O)C1CCS(=O)(=O)C1. The molecule has 1 amide bonds. The van der Waals surface area contributed by atoms with Crippen molar-refractivity contribution in [2.45, 2.75) is 18.9 Å². The average Bonchev–Trinajstić information content (AvgIpc) is 3.05. The summed E-state index contributed by atoms with van der Waals surface area (Å²) in [5.74, 6) is -2.27. The Morgan fingerprint density at radius 1 is 1.37 bits per heavy atom. The first-order valence-electron chi connectivity index (χ1n) is 6.20. The van der Waals surface area contributed by atoms with E-state index in [-0.39, 0.29) is 30.0 Å². The lowest BCUT2D eigenvalue weighted by atomic mass is 10.2. The quantitative estimate of drug-likeness (QED) is 0.713. The van der Waals surface area contributed by atoms with Gasteiger partial charge in [-0.15, -0.1) is 6.58 Å². The van der Waals surface area contributed by atoms with Crippen LogP contribution in [0.15, 0.2) is 12.7 Å². The third kappa shape index (κ3) is 2.97. The molecule has 2 aliphatic rings. The Balaban J connectivity index is 2.07. The Labute approximate surface area is 112 Å². The van der Waals surface area contributed by atoms with E-state index in [4.69, 9.17) is 5.11 Å². The van der Waals surface area contributed by atoms with Crippen molar-refractivity contribution in [3.63, 3.8) is 0 Å². The van der Waals surface area contributed by atoms with Crippen LogP contribution in [0.4, 0.5) is 0 Å². The maximum absolute atomic E-state index is 12.2. The van der Waals surface area contributed by atoms with Crippen molar-refractivity contribution in [1.82, 2.24) is 4.90 Å². The van der Waals surface area contributed by atoms with Crippen LogP contribution in [0.5, 0.6) is 0 Å². The van der Waals surface area contributed by atoms with Crippen LogP contribution in [-0.4, -0.2) is 54.4 Å². The van der Waals surface area contributed by atoms with Crippen molar-refractivity contribution < 1.29 is 23.1 Å². The fourth-order valence-corrected chi connectivity index (χ4v) is 4.26. The second kappa shape index (κ2) is 4.96. The molecule has 0 aromatic carbocycles. The van der Waals surface area contributed by atoms with E-state index in [1.165, 1.54) is 4.90 Å². The molecule has 19 heavy (non-hydrogen) atoms. The molecule has 1 saturated heterocycles. The highest BCUT2D eigenvalue weighted by Gasteiger charge is 2.51. The highest BCUT2D eigenvalue weighted by molar-refractivity contribution is 7.91. The third-order valence-electron chi connectivity index (χ3n) is 3.68. The average molecular weight is 287 g/mol. The summed E-state index contributed by atoms with van der Waals surface area (Å²) in [5.41, 5.74) is 0. The number of nitrogens with zero attached hydrogens (tertiary/aromatic N) is 1. The van der Waals surface area contributed by atoms with Crippen molar-refractivity contribution in [1.29, 1.82) is 0 Å². The second-order valence-electron chi connectivity index (χ2n) is 5.12. The first-order valence-corrected chi connectivity index (χ1v) is 8.02. The molecule has 0 radical (unpaired) electrons. The van der Waals surface area contributed by atoms with Gasteiger partial charge in [-0.2, -0.15) is 0 Å². The molecule has 1 heterocycles. The molecule has 6 nitrogen and oxygen atoms in total. The number of amides is 1. The Hall–Kier alpha value is -1.37. The zero-order valence-corrected chi connectivity index (χ0v) is 11.3. The number of aliphatic carboxylic acids is 1. The van der Waals surface area contributed by atoms with Gasteiger partial charge in [0.1, 0.15) is 0 Å². The highest BCUT2D eigenvalue weighted by atomic mass is 32.2. The molecular formula is C12H17NO5S. The van der Waals surface area contributed by atoms with Crippen molar-refractivity contribution in [3.8, 4) is 0 Å². The molecule has 7 heteroatoms. The van der Waals surface area contributed by atoms with Crippen molar-refractivity contribution in [2.24, 2.45) is 11.8 Å². The number of sulfone groups is 1. The van der Waals surface area contributed by atoms with Gasteiger partial charge in [-0.3, -0.25) is 9.59 Å². The van der Waals surface area contributed by atoms with Crippen molar-refractivity contribution >= 4 is 21.7 Å². The molecule has 1 aliphatic carbocycles. The van der Waals surface area contributed by atoms with E-state index in [1.807, 2.05) is 0 Å². The molecule has 106 valence electrons. The van der Waals surface area contributed by atoms with Crippen LogP contribution < -0.4 is 0 Å². The topological polar surface area (TPSA) is 91.8 Å². The Kier molecular flexibility index (Phi) is 3.66. The predicted molar refractivity (Wildman–Crippen MR) is 68.2 cm³/mol. The maximum Gasteiger partial charge on any atom is 0.307 e. The molecule has 2 rings (SSSR count). The van der Waals surface area contributed by atoms with Crippen LogP contribution in [0.3, 0.4) is 0 Å². The monoisotopic (exact) mass is 287 g/mol. The number of hydrogen-bond acceptors (Lipinski definition) is 4. The van der Waals surface area contributed by atoms with Gasteiger partial charge >= 0.3 is 5.97 Å². The van der Waals surface area contributed by atoms with Crippen LogP contribution in [-0.2, 0) is 19.4 Å². The summed E-state index contributed by atoms with van der Waals surface area (Å²) >= 11 is 0. The summed E-state index contributed by atoms with van der Waals surface area (Å²) < 4.78 is 22.9. The molecule has 0 bridgehead atoms. The van der Waals surface area contributed by atoms with Gasteiger partial charge in [0.05, 0.1) is 23.3 Å². The lowest BCUT2D eigenvalue weighted by molar-refractivity contribution is -0.142. The van der Waals surface area contributed by atoms with Gasteiger partial charge < -0.3 is 10.0 Å². The largest absolute Gasteiger partial charge is 0.481 e. The van der Waals surface area contributed by atoms with E-state index >= 15 is 0 Å². The van der Waals surface area contributed by atoms with Gasteiger partial charge in [0.2, 0.25) is 5.91 Å². The zero-order valence-electron chi connectivity index (χ0n) is 10.5. The summed E-state index contributed by atoms with van der Waals surface area (Å²) in [6.45, 7) is 3.83. The second-order valence-corrected chi connectivity index (χ2v) is 7.35. The molecule has 1 aliphatic heterocycles. The van der Waals surface area contributed by atoms with E-state index in [9.17, 15) is 18.0 Å². The Bertz CT molecular complexity index is 512. The number of carboxylic acid groups (broad SMARTS) is 1. The normalized spacial score (nSPS) is 31.7. The minimum Gasteiger partial charge on any atom is -0.481 e. The maximum atomic E-state index is 12.2. The molecule has 1 saturated carbocycles. The Morgan fingerprint density at radius 2 is 2.05 bits per heavy atom. The number of hydrogen-bond donors (Lipinski definition) is 1. The lowest BCUT2D eigenvalue weighted by Crippen LogP contribution is -2.42. The zero-order chi connectivity index (χ0) is 14.2. The lowest BCUT2D eigenvalue weighted by Gasteiger charge is -2.27. The van der Waals surface area contributed by atoms with Crippen molar-refractivity contribution in [2.75, 3.05) is 18.1 Å². The van der Waals surface area contributed by atoms with Crippen LogP contribution in [0, 0.1) is 11.8 Å². The third-order valence-corrected chi connectivity index (χ3v) is 5.43. The van der Waals surface area contributed by atoms with E-state index in [2.05, 4.69) is 6.58 Å². The highest BCUT2D eigenvalue weighted by Crippen LogP contribution is 2.40. The van der Waals surface area contributed by atoms with Gasteiger partial charge in [0.15, 0.2) is 9.84 Å². The molecule has 1 N–H and O–H groups in total. The number of carbonyl (C=O) groups excluding carboxylic acids is 1.